The molecule has 0 N–H and O–H groups in total. The summed E-state index contributed by atoms with van der Waals surface area (Å²) in [6, 6.07) is 26.8. The van der Waals surface area contributed by atoms with Crippen molar-refractivity contribution in [2.75, 3.05) is 38.2 Å². The molecule has 0 unspecified atom stereocenters. The van der Waals surface area contributed by atoms with E-state index in [4.69, 9.17) is 4.74 Å². The van der Waals surface area contributed by atoms with Crippen LogP contribution in [0.2, 0.25) is 0 Å². The average Bonchev–Trinajstić information content (AvgIpc) is 3.05. The highest BCUT2D eigenvalue weighted by Crippen LogP contribution is 2.25. The van der Waals surface area contributed by atoms with Crippen LogP contribution < -0.4 is 9.64 Å². The quantitative estimate of drug-likeness (QED) is 0.437. The second-order valence-electron chi connectivity index (χ2n) is 8.50. The van der Waals surface area contributed by atoms with Gasteiger partial charge in [0.05, 0.1) is 12.7 Å². The summed E-state index contributed by atoms with van der Waals surface area (Å²) in [6.45, 7) is 3.99. The van der Waals surface area contributed by atoms with Gasteiger partial charge < -0.3 is 19.1 Å². The highest BCUT2D eigenvalue weighted by atomic mass is 16.5. The summed E-state index contributed by atoms with van der Waals surface area (Å²) >= 11 is 0. The Morgan fingerprint density at radius 2 is 1.61 bits per heavy atom. The number of rotatable bonds is 5. The molecule has 33 heavy (non-hydrogen) atoms. The molecule has 1 amide bonds. The van der Waals surface area contributed by atoms with Gasteiger partial charge in [-0.25, -0.2) is 0 Å². The molecule has 1 aliphatic heterocycles. The third-order valence-electron chi connectivity index (χ3n) is 6.44. The molecule has 0 bridgehead atoms. The lowest BCUT2D eigenvalue weighted by Gasteiger charge is -2.24. The Kier molecular flexibility index (Phi) is 6.03. The Morgan fingerprint density at radius 1 is 0.848 bits per heavy atom. The van der Waals surface area contributed by atoms with Crippen LogP contribution in [0.1, 0.15) is 22.3 Å². The maximum absolute atomic E-state index is 13.6. The molecule has 2 heterocycles. The number of anilines is 1. The van der Waals surface area contributed by atoms with E-state index in [1.807, 2.05) is 41.4 Å². The third kappa shape index (κ3) is 4.44. The largest absolute Gasteiger partial charge is 0.497 e. The highest BCUT2D eigenvalue weighted by Gasteiger charge is 2.23. The zero-order chi connectivity index (χ0) is 22.6. The molecule has 0 aliphatic carbocycles. The number of methoxy groups -OCH3 is 1. The van der Waals surface area contributed by atoms with Crippen molar-refractivity contribution in [2.24, 2.45) is 0 Å². The molecule has 1 saturated heterocycles. The Labute approximate surface area is 194 Å². The monoisotopic (exact) mass is 439 g/mol. The van der Waals surface area contributed by atoms with Crippen molar-refractivity contribution in [3.8, 4) is 5.75 Å². The molecule has 0 atom stereocenters. The number of carbonyl (C=O) groups excluding carboxylic acids is 1. The Hall–Kier alpha value is -3.73. The van der Waals surface area contributed by atoms with Crippen LogP contribution in [0.25, 0.3) is 10.9 Å². The van der Waals surface area contributed by atoms with Crippen molar-refractivity contribution >= 4 is 22.5 Å². The van der Waals surface area contributed by atoms with E-state index in [0.29, 0.717) is 6.54 Å². The van der Waals surface area contributed by atoms with E-state index >= 15 is 0 Å². The first kappa shape index (κ1) is 21.1. The standard InChI is InChI=1S/C28H29N3O2/c1-33-24-14-12-23(13-15-24)29-16-7-17-30(19-18-29)28(32)26-21-31(20-22-8-3-2-4-9-22)27-11-6-5-10-25(26)27/h2-6,8-15,21H,7,16-20H2,1H3. The summed E-state index contributed by atoms with van der Waals surface area (Å²) in [6.07, 6.45) is 2.98. The van der Waals surface area contributed by atoms with Gasteiger partial charge in [-0.05, 0) is 42.3 Å². The van der Waals surface area contributed by atoms with Crippen LogP contribution in [-0.2, 0) is 6.54 Å². The normalized spacial score (nSPS) is 14.3. The van der Waals surface area contributed by atoms with E-state index < -0.39 is 0 Å². The highest BCUT2D eigenvalue weighted by molar-refractivity contribution is 6.07. The van der Waals surface area contributed by atoms with Crippen molar-refractivity contribution in [1.82, 2.24) is 9.47 Å². The number of ether oxygens (including phenoxy) is 1. The van der Waals surface area contributed by atoms with Gasteiger partial charge in [0, 0.05) is 55.5 Å². The SMILES string of the molecule is COc1ccc(N2CCCN(C(=O)c3cn(Cc4ccccc4)c4ccccc34)CC2)cc1. The summed E-state index contributed by atoms with van der Waals surface area (Å²) in [5, 5.41) is 1.02. The number of amides is 1. The number of carbonyl (C=O) groups is 1. The van der Waals surface area contributed by atoms with Crippen LogP contribution in [-0.4, -0.2) is 48.7 Å². The van der Waals surface area contributed by atoms with Crippen LogP contribution >= 0.6 is 0 Å². The first-order valence-corrected chi connectivity index (χ1v) is 11.5. The fourth-order valence-corrected chi connectivity index (χ4v) is 4.67. The van der Waals surface area contributed by atoms with E-state index in [0.717, 1.165) is 54.8 Å². The minimum atomic E-state index is 0.120. The molecule has 4 aromatic rings. The number of hydrogen-bond acceptors (Lipinski definition) is 3. The summed E-state index contributed by atoms with van der Waals surface area (Å²) in [7, 11) is 1.68. The molecule has 1 aliphatic rings. The number of aromatic nitrogens is 1. The maximum Gasteiger partial charge on any atom is 0.256 e. The number of benzene rings is 3. The zero-order valence-corrected chi connectivity index (χ0v) is 19.0. The first-order valence-electron chi connectivity index (χ1n) is 11.5. The number of para-hydroxylation sites is 1. The molecular formula is C28H29N3O2. The van der Waals surface area contributed by atoms with Crippen molar-refractivity contribution in [2.45, 2.75) is 13.0 Å². The molecular weight excluding hydrogens is 410 g/mol. The molecule has 0 radical (unpaired) electrons. The smallest absolute Gasteiger partial charge is 0.256 e. The molecule has 5 heteroatoms. The maximum atomic E-state index is 13.6. The molecule has 0 saturated carbocycles. The summed E-state index contributed by atoms with van der Waals surface area (Å²) in [4.78, 5) is 18.0. The van der Waals surface area contributed by atoms with E-state index in [9.17, 15) is 4.79 Å². The van der Waals surface area contributed by atoms with Gasteiger partial charge in [0.25, 0.3) is 5.91 Å². The van der Waals surface area contributed by atoms with Crippen molar-refractivity contribution < 1.29 is 9.53 Å². The fraction of sp³-hybridized carbons (Fsp3) is 0.250. The lowest BCUT2D eigenvalue weighted by molar-refractivity contribution is 0.0769. The van der Waals surface area contributed by atoms with Gasteiger partial charge in [-0.1, -0.05) is 48.5 Å². The molecule has 5 rings (SSSR count). The van der Waals surface area contributed by atoms with Crippen LogP contribution in [0.15, 0.2) is 85.1 Å². The Morgan fingerprint density at radius 3 is 2.39 bits per heavy atom. The van der Waals surface area contributed by atoms with Crippen LogP contribution in [0, 0.1) is 0 Å². The van der Waals surface area contributed by atoms with E-state index in [-0.39, 0.29) is 5.91 Å². The topological polar surface area (TPSA) is 37.7 Å². The summed E-state index contributed by atoms with van der Waals surface area (Å²) in [5.41, 5.74) is 4.28. The molecule has 5 nitrogen and oxygen atoms in total. The Balaban J connectivity index is 1.36. The lowest BCUT2D eigenvalue weighted by atomic mass is 10.1. The average molecular weight is 440 g/mol. The van der Waals surface area contributed by atoms with Crippen LogP contribution in [0.4, 0.5) is 5.69 Å². The van der Waals surface area contributed by atoms with Gasteiger partial charge in [0.15, 0.2) is 0 Å². The third-order valence-corrected chi connectivity index (χ3v) is 6.44. The predicted octanol–water partition coefficient (Wildman–Crippen LogP) is 5.05. The van der Waals surface area contributed by atoms with Gasteiger partial charge in [0.1, 0.15) is 5.75 Å². The molecule has 1 aromatic heterocycles. The van der Waals surface area contributed by atoms with Gasteiger partial charge in [-0.2, -0.15) is 0 Å². The fourth-order valence-electron chi connectivity index (χ4n) is 4.67. The minimum Gasteiger partial charge on any atom is -0.497 e. The van der Waals surface area contributed by atoms with E-state index in [1.165, 1.54) is 11.3 Å². The van der Waals surface area contributed by atoms with Gasteiger partial charge >= 0.3 is 0 Å². The summed E-state index contributed by atoms with van der Waals surface area (Å²) < 4.78 is 7.47. The van der Waals surface area contributed by atoms with E-state index in [2.05, 4.69) is 58.0 Å². The van der Waals surface area contributed by atoms with E-state index in [1.54, 1.807) is 7.11 Å². The first-order chi connectivity index (χ1) is 16.2. The van der Waals surface area contributed by atoms with Gasteiger partial charge in [0.2, 0.25) is 0 Å². The number of hydrogen-bond donors (Lipinski definition) is 0. The second kappa shape index (κ2) is 9.41. The lowest BCUT2D eigenvalue weighted by Crippen LogP contribution is -2.35. The van der Waals surface area contributed by atoms with Crippen LogP contribution in [0.3, 0.4) is 0 Å². The summed E-state index contributed by atoms with van der Waals surface area (Å²) in [5.74, 6) is 0.979. The molecule has 1 fully saturated rings. The number of nitrogens with zero attached hydrogens (tertiary/aromatic N) is 3. The number of fused-ring (bicyclic) bond motifs is 1. The zero-order valence-electron chi connectivity index (χ0n) is 19.0. The predicted molar refractivity (Wildman–Crippen MR) is 133 cm³/mol. The molecule has 0 spiro atoms. The van der Waals surface area contributed by atoms with Crippen molar-refractivity contribution in [3.05, 3.63) is 96.2 Å². The molecule has 3 aromatic carbocycles. The molecule has 168 valence electrons. The van der Waals surface area contributed by atoms with Crippen molar-refractivity contribution in [3.63, 3.8) is 0 Å². The van der Waals surface area contributed by atoms with Gasteiger partial charge in [-0.15, -0.1) is 0 Å². The second-order valence-corrected chi connectivity index (χ2v) is 8.50. The van der Waals surface area contributed by atoms with Crippen LogP contribution in [0.5, 0.6) is 5.75 Å². The Bertz CT molecular complexity index is 1230. The van der Waals surface area contributed by atoms with Gasteiger partial charge in [-0.3, -0.25) is 4.79 Å². The van der Waals surface area contributed by atoms with Crippen molar-refractivity contribution in [1.29, 1.82) is 0 Å². The minimum absolute atomic E-state index is 0.120.